The van der Waals surface area contributed by atoms with Crippen molar-refractivity contribution in [1.82, 2.24) is 4.72 Å². The van der Waals surface area contributed by atoms with Gasteiger partial charge in [-0.25, -0.2) is 13.1 Å². The van der Waals surface area contributed by atoms with Gasteiger partial charge in [0, 0.05) is 11.6 Å². The molecule has 0 spiro atoms. The molecule has 0 aliphatic carbocycles. The summed E-state index contributed by atoms with van der Waals surface area (Å²) in [5, 5.41) is 0.322. The van der Waals surface area contributed by atoms with Crippen LogP contribution in [0, 0.1) is 6.92 Å². The summed E-state index contributed by atoms with van der Waals surface area (Å²) in [6.45, 7) is 1.63. The Hall–Kier alpha value is -1.57. The van der Waals surface area contributed by atoms with Crippen LogP contribution in [0.15, 0.2) is 47.4 Å². The zero-order valence-electron chi connectivity index (χ0n) is 12.0. The first-order chi connectivity index (χ1) is 10.6. The number of hydrogen-bond acceptors (Lipinski definition) is 2. The third kappa shape index (κ3) is 4.46. The van der Waals surface area contributed by atoms with Crippen LogP contribution in [0.3, 0.4) is 0 Å². The molecule has 2 aromatic rings. The fourth-order valence-corrected chi connectivity index (χ4v) is 3.10. The van der Waals surface area contributed by atoms with Crippen molar-refractivity contribution in [3.63, 3.8) is 0 Å². The molecular formula is C15H13ClF3NO2S. The molecule has 3 nitrogen and oxygen atoms in total. The van der Waals surface area contributed by atoms with E-state index in [4.69, 9.17) is 11.6 Å². The van der Waals surface area contributed by atoms with Crippen molar-refractivity contribution >= 4 is 21.6 Å². The molecule has 8 heteroatoms. The quantitative estimate of drug-likeness (QED) is 0.887. The molecule has 0 aliphatic rings. The maximum Gasteiger partial charge on any atom is 0.416 e. The van der Waals surface area contributed by atoms with Crippen molar-refractivity contribution in [3.8, 4) is 0 Å². The van der Waals surface area contributed by atoms with Gasteiger partial charge in [0.2, 0.25) is 10.0 Å². The van der Waals surface area contributed by atoms with Crippen molar-refractivity contribution in [3.05, 3.63) is 64.2 Å². The first-order valence-corrected chi connectivity index (χ1v) is 8.38. The van der Waals surface area contributed by atoms with E-state index in [0.717, 1.165) is 17.7 Å². The Morgan fingerprint density at radius 2 is 1.70 bits per heavy atom. The van der Waals surface area contributed by atoms with Crippen molar-refractivity contribution in [2.24, 2.45) is 0 Å². The number of benzene rings is 2. The molecule has 124 valence electrons. The average Bonchev–Trinajstić information content (AvgIpc) is 2.47. The predicted molar refractivity (Wildman–Crippen MR) is 81.7 cm³/mol. The topological polar surface area (TPSA) is 46.2 Å². The van der Waals surface area contributed by atoms with Crippen LogP contribution in [0.1, 0.15) is 16.7 Å². The molecule has 0 saturated carbocycles. The van der Waals surface area contributed by atoms with Crippen molar-refractivity contribution < 1.29 is 21.6 Å². The summed E-state index contributed by atoms with van der Waals surface area (Å²) in [5.41, 5.74) is 0.377. The van der Waals surface area contributed by atoms with E-state index in [1.165, 1.54) is 24.3 Å². The second-order valence-electron chi connectivity index (χ2n) is 4.93. The van der Waals surface area contributed by atoms with Gasteiger partial charge >= 0.3 is 6.18 Å². The van der Waals surface area contributed by atoms with Gasteiger partial charge in [0.15, 0.2) is 0 Å². The monoisotopic (exact) mass is 363 g/mol. The third-order valence-electron chi connectivity index (χ3n) is 3.20. The summed E-state index contributed by atoms with van der Waals surface area (Å²) in [6, 6.07) is 8.59. The fraction of sp³-hybridized carbons (Fsp3) is 0.200. The molecular weight excluding hydrogens is 351 g/mol. The first kappa shape index (κ1) is 17.8. The van der Waals surface area contributed by atoms with Crippen LogP contribution in [-0.2, 0) is 22.7 Å². The minimum Gasteiger partial charge on any atom is -0.207 e. The minimum atomic E-state index is -4.42. The number of halogens is 4. The lowest BCUT2D eigenvalue weighted by Gasteiger charge is -2.10. The molecule has 23 heavy (non-hydrogen) atoms. The molecule has 2 rings (SSSR count). The molecule has 0 fully saturated rings. The summed E-state index contributed by atoms with van der Waals surface area (Å²) in [5.74, 6) is 0. The standard InChI is InChI=1S/C15H13ClF3NO2S/c1-10-2-7-13(8-14(10)16)23(21,22)20-9-11-3-5-12(6-4-11)15(17,18)19/h2-8,20H,9H2,1H3. The Balaban J connectivity index is 2.11. The van der Waals surface area contributed by atoms with Gasteiger partial charge in [-0.05, 0) is 42.3 Å². The van der Waals surface area contributed by atoms with E-state index in [9.17, 15) is 21.6 Å². The van der Waals surface area contributed by atoms with E-state index >= 15 is 0 Å². The largest absolute Gasteiger partial charge is 0.416 e. The third-order valence-corrected chi connectivity index (χ3v) is 5.01. The molecule has 0 saturated heterocycles. The van der Waals surface area contributed by atoms with E-state index in [1.54, 1.807) is 13.0 Å². The van der Waals surface area contributed by atoms with Crippen LogP contribution in [0.5, 0.6) is 0 Å². The number of alkyl halides is 3. The number of sulfonamides is 1. The summed E-state index contributed by atoms with van der Waals surface area (Å²) in [6.07, 6.45) is -4.42. The number of nitrogens with one attached hydrogen (secondary N) is 1. The van der Waals surface area contributed by atoms with Gasteiger partial charge in [-0.15, -0.1) is 0 Å². The van der Waals surface area contributed by atoms with E-state index in [2.05, 4.69) is 4.72 Å². The van der Waals surface area contributed by atoms with Crippen molar-refractivity contribution in [2.45, 2.75) is 24.5 Å². The highest BCUT2D eigenvalue weighted by Gasteiger charge is 2.29. The van der Waals surface area contributed by atoms with E-state index in [0.29, 0.717) is 10.6 Å². The summed E-state index contributed by atoms with van der Waals surface area (Å²) < 4.78 is 64.0. The van der Waals surface area contributed by atoms with Gasteiger partial charge in [0.1, 0.15) is 0 Å². The Kier molecular flexibility index (Phi) is 5.03. The second-order valence-corrected chi connectivity index (χ2v) is 7.10. The Labute approximate surface area is 137 Å². The van der Waals surface area contributed by atoms with Gasteiger partial charge in [0.25, 0.3) is 0 Å². The minimum absolute atomic E-state index is 0.0000108. The lowest BCUT2D eigenvalue weighted by Crippen LogP contribution is -2.23. The fourth-order valence-electron chi connectivity index (χ4n) is 1.81. The van der Waals surface area contributed by atoms with Gasteiger partial charge in [-0.1, -0.05) is 29.8 Å². The normalized spacial score (nSPS) is 12.4. The molecule has 0 unspecified atom stereocenters. The lowest BCUT2D eigenvalue weighted by molar-refractivity contribution is -0.137. The lowest BCUT2D eigenvalue weighted by atomic mass is 10.1. The van der Waals surface area contributed by atoms with Crippen LogP contribution in [0.25, 0.3) is 0 Å². The van der Waals surface area contributed by atoms with E-state index < -0.39 is 21.8 Å². The molecule has 0 heterocycles. The van der Waals surface area contributed by atoms with Crippen LogP contribution in [0.2, 0.25) is 5.02 Å². The Morgan fingerprint density at radius 3 is 2.22 bits per heavy atom. The van der Waals surface area contributed by atoms with Gasteiger partial charge < -0.3 is 0 Å². The van der Waals surface area contributed by atoms with Gasteiger partial charge in [-0.2, -0.15) is 13.2 Å². The number of hydrogen-bond donors (Lipinski definition) is 1. The van der Waals surface area contributed by atoms with Gasteiger partial charge in [0.05, 0.1) is 10.5 Å². The number of aryl methyl sites for hydroxylation is 1. The van der Waals surface area contributed by atoms with Crippen molar-refractivity contribution in [1.29, 1.82) is 0 Å². The first-order valence-electron chi connectivity index (χ1n) is 6.51. The van der Waals surface area contributed by atoms with Crippen molar-refractivity contribution in [2.75, 3.05) is 0 Å². The highest BCUT2D eigenvalue weighted by atomic mass is 35.5. The molecule has 0 aromatic heterocycles. The Morgan fingerprint density at radius 1 is 1.09 bits per heavy atom. The summed E-state index contributed by atoms with van der Waals surface area (Å²) in [4.78, 5) is 0.0000108. The highest BCUT2D eigenvalue weighted by Crippen LogP contribution is 2.29. The molecule has 0 amide bonds. The molecule has 0 atom stereocenters. The zero-order valence-corrected chi connectivity index (χ0v) is 13.6. The van der Waals surface area contributed by atoms with E-state index in [-0.39, 0.29) is 11.4 Å². The maximum absolute atomic E-state index is 12.5. The molecule has 1 N–H and O–H groups in total. The molecule has 0 radical (unpaired) electrons. The molecule has 0 aliphatic heterocycles. The predicted octanol–water partition coefficient (Wildman–Crippen LogP) is 4.15. The molecule has 0 bridgehead atoms. The highest BCUT2D eigenvalue weighted by molar-refractivity contribution is 7.89. The van der Waals surface area contributed by atoms with Gasteiger partial charge in [-0.3, -0.25) is 0 Å². The maximum atomic E-state index is 12.5. The van der Waals surface area contributed by atoms with Crippen LogP contribution in [0.4, 0.5) is 13.2 Å². The average molecular weight is 364 g/mol. The van der Waals surface area contributed by atoms with E-state index in [1.807, 2.05) is 0 Å². The summed E-state index contributed by atoms with van der Waals surface area (Å²) >= 11 is 5.90. The smallest absolute Gasteiger partial charge is 0.207 e. The second kappa shape index (κ2) is 6.51. The molecule has 2 aromatic carbocycles. The Bertz CT molecular complexity index is 802. The zero-order chi connectivity index (χ0) is 17.3. The van der Waals surface area contributed by atoms with Crippen LogP contribution >= 0.6 is 11.6 Å². The summed E-state index contributed by atoms with van der Waals surface area (Å²) in [7, 11) is -3.79. The van der Waals surface area contributed by atoms with Crippen LogP contribution < -0.4 is 4.72 Å². The number of rotatable bonds is 4. The SMILES string of the molecule is Cc1ccc(S(=O)(=O)NCc2ccc(C(F)(F)F)cc2)cc1Cl. The van der Waals surface area contributed by atoms with Crippen LogP contribution in [-0.4, -0.2) is 8.42 Å².